The molecule has 0 aliphatic carbocycles. The minimum absolute atomic E-state index is 0.0156. The molecule has 1 N–H and O–H groups in total. The van der Waals surface area contributed by atoms with Gasteiger partial charge in [-0.1, -0.05) is 52.6 Å². The molecule has 0 fully saturated rings. The van der Waals surface area contributed by atoms with E-state index < -0.39 is 0 Å². The number of rotatable bonds is 2. The molecule has 0 atom stereocenters. The Kier molecular flexibility index (Phi) is 4.66. The van der Waals surface area contributed by atoms with Crippen molar-refractivity contribution in [1.29, 1.82) is 0 Å². The number of thiazole rings is 1. The monoisotopic (exact) mass is 416 g/mol. The van der Waals surface area contributed by atoms with E-state index in [1.807, 2.05) is 11.4 Å². The summed E-state index contributed by atoms with van der Waals surface area (Å²) in [4.78, 5) is 16.6. The highest BCUT2D eigenvalue weighted by atomic mass is 79.9. The Hall–Kier alpha value is -0.720. The molecular formula is C14H14Br2N2OS. The third-order valence-corrected chi connectivity index (χ3v) is 4.29. The van der Waals surface area contributed by atoms with Crippen molar-refractivity contribution < 1.29 is 4.79 Å². The summed E-state index contributed by atoms with van der Waals surface area (Å²) in [6, 6.07) is 5.44. The number of aromatic nitrogens is 1. The quantitative estimate of drug-likeness (QED) is 0.727. The molecule has 6 heteroatoms. The van der Waals surface area contributed by atoms with Gasteiger partial charge in [0.05, 0.1) is 5.69 Å². The number of nitrogens with zero attached hydrogens (tertiary/aromatic N) is 1. The number of hydrogen-bond acceptors (Lipinski definition) is 3. The van der Waals surface area contributed by atoms with Gasteiger partial charge in [0, 0.05) is 25.3 Å². The molecule has 1 aromatic heterocycles. The lowest BCUT2D eigenvalue weighted by Gasteiger charge is -2.14. The zero-order chi connectivity index (χ0) is 14.9. The molecule has 20 heavy (non-hydrogen) atoms. The van der Waals surface area contributed by atoms with E-state index in [-0.39, 0.29) is 11.3 Å². The van der Waals surface area contributed by atoms with Crippen LogP contribution < -0.4 is 5.32 Å². The van der Waals surface area contributed by atoms with Gasteiger partial charge in [0.1, 0.15) is 0 Å². The van der Waals surface area contributed by atoms with Gasteiger partial charge in [-0.25, -0.2) is 4.98 Å². The van der Waals surface area contributed by atoms with Crippen LogP contribution >= 0.6 is 43.2 Å². The molecule has 0 unspecified atom stereocenters. The second-order valence-corrected chi connectivity index (χ2v) is 8.09. The van der Waals surface area contributed by atoms with E-state index >= 15 is 0 Å². The molecule has 0 spiro atoms. The lowest BCUT2D eigenvalue weighted by molar-refractivity contribution is 0.102. The molecule has 106 valence electrons. The van der Waals surface area contributed by atoms with Gasteiger partial charge < -0.3 is 0 Å². The van der Waals surface area contributed by atoms with E-state index in [4.69, 9.17) is 0 Å². The highest BCUT2D eigenvalue weighted by Gasteiger charge is 2.18. The first-order chi connectivity index (χ1) is 9.25. The van der Waals surface area contributed by atoms with Crippen molar-refractivity contribution in [1.82, 2.24) is 4.98 Å². The minimum Gasteiger partial charge on any atom is -0.298 e. The fourth-order valence-electron chi connectivity index (χ4n) is 1.53. The Morgan fingerprint density at radius 2 is 1.80 bits per heavy atom. The topological polar surface area (TPSA) is 42.0 Å². The molecule has 1 aromatic carbocycles. The normalized spacial score (nSPS) is 11.4. The van der Waals surface area contributed by atoms with Crippen LogP contribution in [0.2, 0.25) is 0 Å². The van der Waals surface area contributed by atoms with Gasteiger partial charge >= 0.3 is 0 Å². The van der Waals surface area contributed by atoms with Gasteiger partial charge in [-0.15, -0.1) is 11.3 Å². The summed E-state index contributed by atoms with van der Waals surface area (Å²) < 4.78 is 1.71. The van der Waals surface area contributed by atoms with Crippen LogP contribution in [0.15, 0.2) is 32.5 Å². The van der Waals surface area contributed by atoms with Crippen molar-refractivity contribution in [2.45, 2.75) is 26.2 Å². The van der Waals surface area contributed by atoms with Crippen LogP contribution in [0.25, 0.3) is 0 Å². The lowest BCUT2D eigenvalue weighted by atomic mass is 9.93. The molecule has 1 heterocycles. The third kappa shape index (κ3) is 3.90. The molecule has 0 bridgehead atoms. The van der Waals surface area contributed by atoms with Crippen molar-refractivity contribution in [2.75, 3.05) is 5.32 Å². The van der Waals surface area contributed by atoms with E-state index in [0.717, 1.165) is 14.6 Å². The van der Waals surface area contributed by atoms with Crippen LogP contribution in [0.5, 0.6) is 0 Å². The van der Waals surface area contributed by atoms with Crippen LogP contribution in [-0.2, 0) is 5.41 Å². The summed E-state index contributed by atoms with van der Waals surface area (Å²) in [5.41, 5.74) is 1.55. The summed E-state index contributed by atoms with van der Waals surface area (Å²) in [6.07, 6.45) is 0. The summed E-state index contributed by atoms with van der Waals surface area (Å²) in [6.45, 7) is 6.29. The largest absolute Gasteiger partial charge is 0.298 e. The summed E-state index contributed by atoms with van der Waals surface area (Å²) in [5.74, 6) is -0.165. The van der Waals surface area contributed by atoms with E-state index in [0.29, 0.717) is 10.7 Å². The molecule has 1 amide bonds. The molecule has 0 saturated carbocycles. The maximum atomic E-state index is 12.2. The van der Waals surface area contributed by atoms with Gasteiger partial charge in [0.2, 0.25) is 0 Å². The zero-order valence-electron chi connectivity index (χ0n) is 11.3. The first-order valence-corrected chi connectivity index (χ1v) is 8.46. The summed E-state index contributed by atoms with van der Waals surface area (Å²) >= 11 is 8.19. The van der Waals surface area contributed by atoms with Crippen LogP contribution in [0.4, 0.5) is 5.13 Å². The predicted molar refractivity (Wildman–Crippen MR) is 90.6 cm³/mol. The average Bonchev–Trinajstić information content (AvgIpc) is 2.75. The number of carbonyl (C=O) groups excluding carboxylic acids is 1. The van der Waals surface area contributed by atoms with Gasteiger partial charge in [-0.05, 0) is 18.2 Å². The van der Waals surface area contributed by atoms with E-state index in [1.54, 1.807) is 12.1 Å². The number of benzene rings is 1. The van der Waals surface area contributed by atoms with Gasteiger partial charge in [-0.2, -0.15) is 0 Å². The molecule has 0 saturated heterocycles. The lowest BCUT2D eigenvalue weighted by Crippen LogP contribution is -2.14. The Morgan fingerprint density at radius 3 is 2.30 bits per heavy atom. The second-order valence-electron chi connectivity index (χ2n) is 5.40. The first-order valence-electron chi connectivity index (χ1n) is 5.99. The Bertz CT molecular complexity index is 627. The molecule has 3 nitrogen and oxygen atoms in total. The highest BCUT2D eigenvalue weighted by Crippen LogP contribution is 2.27. The highest BCUT2D eigenvalue weighted by molar-refractivity contribution is 9.11. The number of hydrogen-bond donors (Lipinski definition) is 1. The van der Waals surface area contributed by atoms with Crippen molar-refractivity contribution in [2.24, 2.45) is 0 Å². The predicted octanol–water partition coefficient (Wildman–Crippen LogP) is 5.22. The smallest absolute Gasteiger partial charge is 0.257 e. The minimum atomic E-state index is -0.165. The first kappa shape index (κ1) is 15.7. The van der Waals surface area contributed by atoms with Crippen molar-refractivity contribution >= 4 is 54.2 Å². The molecule has 0 aliphatic rings. The Morgan fingerprint density at radius 1 is 1.20 bits per heavy atom. The molecule has 2 rings (SSSR count). The maximum Gasteiger partial charge on any atom is 0.257 e. The van der Waals surface area contributed by atoms with E-state index in [1.165, 1.54) is 11.3 Å². The Balaban J connectivity index is 2.17. The van der Waals surface area contributed by atoms with Crippen LogP contribution in [0.1, 0.15) is 36.8 Å². The van der Waals surface area contributed by atoms with Crippen molar-refractivity contribution in [3.8, 4) is 0 Å². The summed E-state index contributed by atoms with van der Waals surface area (Å²) in [5, 5.41) is 5.43. The van der Waals surface area contributed by atoms with Crippen LogP contribution in [-0.4, -0.2) is 10.9 Å². The standard InChI is InChI=1S/C14H14Br2N2OS/c1-14(2,3)11-7-20-13(17-11)18-12(19)8-4-9(15)6-10(16)5-8/h4-7H,1-3H3,(H,17,18,19). The second kappa shape index (κ2) is 5.95. The fourth-order valence-corrected chi connectivity index (χ4v) is 3.76. The van der Waals surface area contributed by atoms with E-state index in [2.05, 4.69) is 62.9 Å². The average molecular weight is 418 g/mol. The molecule has 0 aliphatic heterocycles. The van der Waals surface area contributed by atoms with E-state index in [9.17, 15) is 4.79 Å². The number of anilines is 1. The molecular weight excluding hydrogens is 404 g/mol. The zero-order valence-corrected chi connectivity index (χ0v) is 15.3. The van der Waals surface area contributed by atoms with Gasteiger partial charge in [0.25, 0.3) is 5.91 Å². The maximum absolute atomic E-state index is 12.2. The number of nitrogens with one attached hydrogen (secondary N) is 1. The van der Waals surface area contributed by atoms with Gasteiger partial charge in [-0.3, -0.25) is 10.1 Å². The third-order valence-electron chi connectivity index (χ3n) is 2.62. The van der Waals surface area contributed by atoms with Crippen molar-refractivity contribution in [3.63, 3.8) is 0 Å². The molecule has 0 radical (unpaired) electrons. The van der Waals surface area contributed by atoms with Crippen LogP contribution in [0, 0.1) is 0 Å². The fraction of sp³-hybridized carbons (Fsp3) is 0.286. The summed E-state index contributed by atoms with van der Waals surface area (Å²) in [7, 11) is 0. The number of carbonyl (C=O) groups is 1. The van der Waals surface area contributed by atoms with Gasteiger partial charge in [0.15, 0.2) is 5.13 Å². The molecule has 2 aromatic rings. The number of amides is 1. The SMILES string of the molecule is CC(C)(C)c1csc(NC(=O)c2cc(Br)cc(Br)c2)n1. The van der Waals surface area contributed by atoms with Crippen molar-refractivity contribution in [3.05, 3.63) is 43.8 Å². The number of halogens is 2. The van der Waals surface area contributed by atoms with Crippen LogP contribution in [0.3, 0.4) is 0 Å². The Labute approximate surface area is 139 Å².